The molecule has 0 fully saturated rings. The van der Waals surface area contributed by atoms with E-state index in [4.69, 9.17) is 17.3 Å². The van der Waals surface area contributed by atoms with Crippen molar-refractivity contribution in [1.82, 2.24) is 10.3 Å². The minimum Gasteiger partial charge on any atom is -0.369 e. The van der Waals surface area contributed by atoms with Crippen molar-refractivity contribution >= 4 is 29.2 Å². The highest BCUT2D eigenvalue weighted by molar-refractivity contribution is 6.33. The lowest BCUT2D eigenvalue weighted by atomic mass is 10.2. The molecular weight excluding hydrogens is 244 g/mol. The molecule has 0 saturated carbocycles. The summed E-state index contributed by atoms with van der Waals surface area (Å²) < 4.78 is 0. The predicted molar refractivity (Wildman–Crippen MR) is 64.9 cm³/mol. The van der Waals surface area contributed by atoms with E-state index in [2.05, 4.69) is 15.6 Å². The van der Waals surface area contributed by atoms with Crippen molar-refractivity contribution in [2.24, 2.45) is 5.73 Å². The van der Waals surface area contributed by atoms with Gasteiger partial charge in [0.05, 0.1) is 17.1 Å². The average Bonchev–Trinajstić information content (AvgIpc) is 2.28. The van der Waals surface area contributed by atoms with Gasteiger partial charge in [-0.05, 0) is 13.0 Å². The number of primary amides is 1. The molecule has 4 N–H and O–H groups in total. The Morgan fingerprint density at radius 1 is 1.53 bits per heavy atom. The minimum absolute atomic E-state index is 0.217. The Labute approximate surface area is 104 Å². The maximum atomic E-state index is 11.5. The molecule has 1 aromatic heterocycles. The number of anilines is 1. The number of nitrogens with one attached hydrogen (secondary N) is 2. The minimum atomic E-state index is -0.610. The van der Waals surface area contributed by atoms with E-state index in [-0.39, 0.29) is 12.1 Å². The fraction of sp³-hybridized carbons (Fsp3) is 0.300. The van der Waals surface area contributed by atoms with Crippen LogP contribution in [0.3, 0.4) is 0 Å². The van der Waals surface area contributed by atoms with Crippen LogP contribution >= 0.6 is 11.6 Å². The zero-order chi connectivity index (χ0) is 12.8. The molecule has 1 aromatic rings. The Balaban J connectivity index is 2.75. The van der Waals surface area contributed by atoms with Crippen LogP contribution in [0.4, 0.5) is 5.82 Å². The summed E-state index contributed by atoms with van der Waals surface area (Å²) in [5.41, 5.74) is 5.18. The van der Waals surface area contributed by atoms with Crippen LogP contribution in [0.15, 0.2) is 12.3 Å². The first-order valence-electron chi connectivity index (χ1n) is 5.00. The van der Waals surface area contributed by atoms with Crippen LogP contribution in [-0.4, -0.2) is 29.9 Å². The smallest absolute Gasteiger partial charge is 0.253 e. The number of halogens is 1. The second-order valence-corrected chi connectivity index (χ2v) is 3.64. The van der Waals surface area contributed by atoms with E-state index in [0.717, 1.165) is 0 Å². The Bertz CT molecular complexity index is 436. The molecule has 0 radical (unpaired) electrons. The topological polar surface area (TPSA) is 97.1 Å². The van der Waals surface area contributed by atoms with Crippen molar-refractivity contribution < 1.29 is 9.59 Å². The summed E-state index contributed by atoms with van der Waals surface area (Å²) in [4.78, 5) is 26.0. The fourth-order valence-electron chi connectivity index (χ4n) is 1.13. The van der Waals surface area contributed by atoms with Crippen molar-refractivity contribution in [1.29, 1.82) is 0 Å². The van der Waals surface area contributed by atoms with Crippen LogP contribution in [-0.2, 0) is 4.79 Å². The second kappa shape index (κ2) is 6.05. The van der Waals surface area contributed by atoms with E-state index in [1.165, 1.54) is 12.3 Å². The SMILES string of the molecule is CCNc1ncc(C(=O)NCC(N)=O)cc1Cl. The number of pyridine rings is 1. The summed E-state index contributed by atoms with van der Waals surface area (Å²) in [5, 5.41) is 5.63. The van der Waals surface area contributed by atoms with E-state index in [1.807, 2.05) is 6.92 Å². The molecule has 2 amide bonds. The van der Waals surface area contributed by atoms with E-state index >= 15 is 0 Å². The van der Waals surface area contributed by atoms with E-state index in [9.17, 15) is 9.59 Å². The van der Waals surface area contributed by atoms with Crippen LogP contribution in [0.1, 0.15) is 17.3 Å². The van der Waals surface area contributed by atoms with Gasteiger partial charge in [0.2, 0.25) is 5.91 Å². The first-order chi connectivity index (χ1) is 8.04. The lowest BCUT2D eigenvalue weighted by molar-refractivity contribution is -0.117. The summed E-state index contributed by atoms with van der Waals surface area (Å²) in [5.74, 6) is -0.538. The lowest BCUT2D eigenvalue weighted by Crippen LogP contribution is -2.33. The van der Waals surface area contributed by atoms with Crippen LogP contribution in [0.25, 0.3) is 0 Å². The maximum absolute atomic E-state index is 11.5. The number of carbonyl (C=O) groups excluding carboxylic acids is 2. The Morgan fingerprint density at radius 3 is 2.76 bits per heavy atom. The third kappa shape index (κ3) is 3.92. The molecule has 0 aliphatic carbocycles. The van der Waals surface area contributed by atoms with E-state index in [0.29, 0.717) is 17.4 Å². The normalized spacial score (nSPS) is 9.76. The first kappa shape index (κ1) is 13.2. The molecule has 0 aliphatic heterocycles. The molecule has 6 nitrogen and oxygen atoms in total. The monoisotopic (exact) mass is 256 g/mol. The number of nitrogens with zero attached hydrogens (tertiary/aromatic N) is 1. The molecule has 0 spiro atoms. The van der Waals surface area contributed by atoms with Crippen LogP contribution in [0.2, 0.25) is 5.02 Å². The number of aromatic nitrogens is 1. The van der Waals surface area contributed by atoms with Gasteiger partial charge >= 0.3 is 0 Å². The van der Waals surface area contributed by atoms with Crippen molar-refractivity contribution in [2.75, 3.05) is 18.4 Å². The van der Waals surface area contributed by atoms with Crippen LogP contribution in [0.5, 0.6) is 0 Å². The number of rotatable bonds is 5. The summed E-state index contributed by atoms with van der Waals surface area (Å²) in [6, 6.07) is 1.48. The highest BCUT2D eigenvalue weighted by Gasteiger charge is 2.09. The quantitative estimate of drug-likeness (QED) is 0.710. The number of amides is 2. The maximum Gasteiger partial charge on any atom is 0.253 e. The Kier molecular flexibility index (Phi) is 4.71. The number of hydrogen-bond acceptors (Lipinski definition) is 4. The van der Waals surface area contributed by atoms with E-state index in [1.54, 1.807) is 0 Å². The molecule has 1 rings (SSSR count). The van der Waals surface area contributed by atoms with Gasteiger partial charge in [-0.1, -0.05) is 11.6 Å². The lowest BCUT2D eigenvalue weighted by Gasteiger charge is -2.07. The largest absolute Gasteiger partial charge is 0.369 e. The summed E-state index contributed by atoms with van der Waals surface area (Å²) in [7, 11) is 0. The van der Waals surface area contributed by atoms with Crippen LogP contribution in [0, 0.1) is 0 Å². The van der Waals surface area contributed by atoms with Gasteiger partial charge in [-0.15, -0.1) is 0 Å². The van der Waals surface area contributed by atoms with Crippen molar-refractivity contribution in [2.45, 2.75) is 6.92 Å². The van der Waals surface area contributed by atoms with Gasteiger partial charge in [-0.2, -0.15) is 0 Å². The molecule has 0 aliphatic rings. The second-order valence-electron chi connectivity index (χ2n) is 3.23. The van der Waals surface area contributed by atoms with Crippen molar-refractivity contribution in [3.05, 3.63) is 22.8 Å². The fourth-order valence-corrected chi connectivity index (χ4v) is 1.36. The molecule has 1 heterocycles. The first-order valence-corrected chi connectivity index (χ1v) is 5.38. The van der Waals surface area contributed by atoms with Gasteiger partial charge in [0.15, 0.2) is 0 Å². The zero-order valence-corrected chi connectivity index (χ0v) is 10.0. The van der Waals surface area contributed by atoms with E-state index < -0.39 is 11.8 Å². The van der Waals surface area contributed by atoms with Gasteiger partial charge in [0.1, 0.15) is 5.82 Å². The molecule has 0 aromatic carbocycles. The average molecular weight is 257 g/mol. The van der Waals surface area contributed by atoms with Crippen LogP contribution < -0.4 is 16.4 Å². The molecule has 0 bridgehead atoms. The molecule has 7 heteroatoms. The van der Waals surface area contributed by atoms with Gasteiger partial charge < -0.3 is 16.4 Å². The third-order valence-corrected chi connectivity index (χ3v) is 2.16. The van der Waals surface area contributed by atoms with Crippen molar-refractivity contribution in [3.8, 4) is 0 Å². The summed E-state index contributed by atoms with van der Waals surface area (Å²) in [6.07, 6.45) is 1.38. The standard InChI is InChI=1S/C10H13ClN4O2/c1-2-13-9-7(11)3-6(4-14-9)10(17)15-5-8(12)16/h3-4H,2,5H2,1H3,(H2,12,16)(H,13,14)(H,15,17). The van der Waals surface area contributed by atoms with Gasteiger partial charge in [-0.25, -0.2) is 4.98 Å². The number of nitrogens with two attached hydrogens (primary N) is 1. The number of hydrogen-bond donors (Lipinski definition) is 3. The van der Waals surface area contributed by atoms with Crippen molar-refractivity contribution in [3.63, 3.8) is 0 Å². The molecule has 0 unspecified atom stereocenters. The number of carbonyl (C=O) groups is 2. The van der Waals surface area contributed by atoms with Gasteiger partial charge in [0.25, 0.3) is 5.91 Å². The highest BCUT2D eigenvalue weighted by atomic mass is 35.5. The molecule has 92 valence electrons. The van der Waals surface area contributed by atoms with Gasteiger partial charge in [-0.3, -0.25) is 9.59 Å². The highest BCUT2D eigenvalue weighted by Crippen LogP contribution is 2.19. The molecular formula is C10H13ClN4O2. The summed E-state index contributed by atoms with van der Waals surface area (Å²) in [6.45, 7) is 2.37. The summed E-state index contributed by atoms with van der Waals surface area (Å²) >= 11 is 5.92. The molecule has 17 heavy (non-hydrogen) atoms. The predicted octanol–water partition coefficient (Wildman–Crippen LogP) is 0.382. The molecule has 0 saturated heterocycles. The Morgan fingerprint density at radius 2 is 2.24 bits per heavy atom. The molecule has 0 atom stereocenters. The van der Waals surface area contributed by atoms with Gasteiger partial charge in [0, 0.05) is 12.7 Å². The zero-order valence-electron chi connectivity index (χ0n) is 9.29. The Hall–Kier alpha value is -1.82. The third-order valence-electron chi connectivity index (χ3n) is 1.87.